The summed E-state index contributed by atoms with van der Waals surface area (Å²) < 4.78 is 5.58. The molecule has 0 radical (unpaired) electrons. The minimum absolute atomic E-state index is 0.0300. The summed E-state index contributed by atoms with van der Waals surface area (Å²) in [6.07, 6.45) is 0. The highest BCUT2D eigenvalue weighted by Gasteiger charge is 2.23. The summed E-state index contributed by atoms with van der Waals surface area (Å²) in [5.41, 5.74) is 1.29. The molecular weight excluding hydrogens is 256 g/mol. The van der Waals surface area contributed by atoms with Gasteiger partial charge in [0.25, 0.3) is 0 Å². The number of carbonyl (C=O) groups is 1. The van der Waals surface area contributed by atoms with E-state index in [0.717, 1.165) is 5.56 Å². The second kappa shape index (κ2) is 6.10. The topological polar surface area (TPSA) is 66.8 Å². The molecule has 1 unspecified atom stereocenters. The lowest BCUT2D eigenvalue weighted by Gasteiger charge is -2.16. The van der Waals surface area contributed by atoms with Gasteiger partial charge in [-0.1, -0.05) is 36.4 Å². The number of aryl methyl sites for hydroxylation is 1. The molecule has 2 aromatic rings. The first kappa shape index (κ1) is 13.9. The Hall–Kier alpha value is -2.49. The van der Waals surface area contributed by atoms with Gasteiger partial charge < -0.3 is 14.9 Å². The van der Waals surface area contributed by atoms with E-state index in [1.807, 2.05) is 25.1 Å². The normalized spacial score (nSPS) is 11.8. The van der Waals surface area contributed by atoms with Gasteiger partial charge in [0.15, 0.2) is 0 Å². The monoisotopic (exact) mass is 272 g/mol. The first-order chi connectivity index (χ1) is 9.59. The molecule has 0 aliphatic rings. The van der Waals surface area contributed by atoms with Gasteiger partial charge in [0.1, 0.15) is 24.0 Å². The highest BCUT2D eigenvalue weighted by molar-refractivity contribution is 5.77. The molecule has 0 heterocycles. The van der Waals surface area contributed by atoms with E-state index in [-0.39, 0.29) is 12.4 Å². The van der Waals surface area contributed by atoms with Gasteiger partial charge in [-0.25, -0.2) is 0 Å². The van der Waals surface area contributed by atoms with Crippen molar-refractivity contribution in [3.05, 3.63) is 59.7 Å². The number of phenols is 1. The highest BCUT2D eigenvalue weighted by atomic mass is 16.5. The molecule has 0 spiro atoms. The van der Waals surface area contributed by atoms with Crippen molar-refractivity contribution < 1.29 is 19.7 Å². The van der Waals surface area contributed by atoms with E-state index in [1.54, 1.807) is 24.3 Å². The van der Waals surface area contributed by atoms with Crippen LogP contribution in [0.25, 0.3) is 0 Å². The second-order valence-electron chi connectivity index (χ2n) is 4.53. The number of phenolic OH excluding ortho intramolecular Hbond substituents is 1. The summed E-state index contributed by atoms with van der Waals surface area (Å²) >= 11 is 0. The SMILES string of the molecule is Cc1ccccc1OCC(C(=O)O)c1ccccc1O. The van der Waals surface area contributed by atoms with Crippen molar-refractivity contribution in [2.24, 2.45) is 0 Å². The predicted octanol–water partition coefficient (Wildman–Crippen LogP) is 2.95. The van der Waals surface area contributed by atoms with Crippen LogP contribution in [0.5, 0.6) is 11.5 Å². The Morgan fingerprint density at radius 1 is 1.15 bits per heavy atom. The van der Waals surface area contributed by atoms with Gasteiger partial charge >= 0.3 is 5.97 Å². The molecule has 4 heteroatoms. The molecule has 0 saturated heterocycles. The number of hydrogen-bond donors (Lipinski definition) is 2. The first-order valence-corrected chi connectivity index (χ1v) is 6.28. The number of ether oxygens (including phenoxy) is 1. The van der Waals surface area contributed by atoms with Crippen molar-refractivity contribution in [2.45, 2.75) is 12.8 Å². The lowest BCUT2D eigenvalue weighted by molar-refractivity contribution is -0.139. The number of aromatic hydroxyl groups is 1. The molecule has 2 rings (SSSR count). The number of aliphatic carboxylic acids is 1. The molecule has 0 aliphatic heterocycles. The highest BCUT2D eigenvalue weighted by Crippen LogP contribution is 2.27. The van der Waals surface area contributed by atoms with Crippen molar-refractivity contribution in [3.8, 4) is 11.5 Å². The largest absolute Gasteiger partial charge is 0.508 e. The number of carboxylic acids is 1. The van der Waals surface area contributed by atoms with E-state index in [4.69, 9.17) is 4.74 Å². The number of para-hydroxylation sites is 2. The van der Waals surface area contributed by atoms with E-state index in [1.165, 1.54) is 6.07 Å². The van der Waals surface area contributed by atoms with Crippen LogP contribution in [0.4, 0.5) is 0 Å². The molecule has 2 aromatic carbocycles. The maximum Gasteiger partial charge on any atom is 0.314 e. The second-order valence-corrected chi connectivity index (χ2v) is 4.53. The Morgan fingerprint density at radius 3 is 2.45 bits per heavy atom. The quantitative estimate of drug-likeness (QED) is 0.878. The van der Waals surface area contributed by atoms with E-state index < -0.39 is 11.9 Å². The fraction of sp³-hybridized carbons (Fsp3) is 0.188. The smallest absolute Gasteiger partial charge is 0.314 e. The third-order valence-corrected chi connectivity index (χ3v) is 3.11. The Bertz CT molecular complexity index is 607. The molecule has 0 fully saturated rings. The molecule has 20 heavy (non-hydrogen) atoms. The Kier molecular flexibility index (Phi) is 4.25. The number of hydrogen-bond acceptors (Lipinski definition) is 3. The summed E-state index contributed by atoms with van der Waals surface area (Å²) in [5, 5.41) is 19.1. The van der Waals surface area contributed by atoms with Crippen molar-refractivity contribution in [1.29, 1.82) is 0 Å². The van der Waals surface area contributed by atoms with Gasteiger partial charge in [-0.3, -0.25) is 4.79 Å². The molecule has 0 saturated carbocycles. The van der Waals surface area contributed by atoms with Gasteiger partial charge in [0, 0.05) is 5.56 Å². The van der Waals surface area contributed by atoms with Crippen LogP contribution in [-0.2, 0) is 4.79 Å². The number of benzene rings is 2. The Morgan fingerprint density at radius 2 is 1.80 bits per heavy atom. The standard InChI is InChI=1S/C16H16O4/c1-11-6-2-5-9-15(11)20-10-13(16(18)19)12-7-3-4-8-14(12)17/h2-9,13,17H,10H2,1H3,(H,18,19). The summed E-state index contributed by atoms with van der Waals surface area (Å²) in [4.78, 5) is 11.4. The molecular formula is C16H16O4. The third-order valence-electron chi connectivity index (χ3n) is 3.11. The average Bonchev–Trinajstić information content (AvgIpc) is 2.42. The molecule has 0 bridgehead atoms. The van der Waals surface area contributed by atoms with Crippen molar-refractivity contribution in [2.75, 3.05) is 6.61 Å². The van der Waals surface area contributed by atoms with Gasteiger partial charge in [-0.2, -0.15) is 0 Å². The minimum Gasteiger partial charge on any atom is -0.508 e. The van der Waals surface area contributed by atoms with Crippen LogP contribution in [0.2, 0.25) is 0 Å². The molecule has 1 atom stereocenters. The zero-order valence-electron chi connectivity index (χ0n) is 11.1. The van der Waals surface area contributed by atoms with Crippen LogP contribution >= 0.6 is 0 Å². The van der Waals surface area contributed by atoms with E-state index >= 15 is 0 Å². The zero-order chi connectivity index (χ0) is 14.5. The van der Waals surface area contributed by atoms with Crippen molar-refractivity contribution in [3.63, 3.8) is 0 Å². The predicted molar refractivity (Wildman–Crippen MR) is 75.2 cm³/mol. The van der Waals surface area contributed by atoms with Crippen molar-refractivity contribution in [1.82, 2.24) is 0 Å². The van der Waals surface area contributed by atoms with Crippen LogP contribution in [-0.4, -0.2) is 22.8 Å². The molecule has 2 N–H and O–H groups in total. The molecule has 4 nitrogen and oxygen atoms in total. The van der Waals surface area contributed by atoms with Gasteiger partial charge in [0.2, 0.25) is 0 Å². The Balaban J connectivity index is 2.18. The van der Waals surface area contributed by atoms with Gasteiger partial charge in [-0.15, -0.1) is 0 Å². The fourth-order valence-electron chi connectivity index (χ4n) is 1.97. The lowest BCUT2D eigenvalue weighted by atomic mass is 9.99. The molecule has 0 aromatic heterocycles. The summed E-state index contributed by atoms with van der Waals surface area (Å²) in [7, 11) is 0. The van der Waals surface area contributed by atoms with Crippen LogP contribution < -0.4 is 4.74 Å². The number of rotatable bonds is 5. The number of carboxylic acid groups (broad SMARTS) is 1. The average molecular weight is 272 g/mol. The fourth-order valence-corrected chi connectivity index (χ4v) is 1.97. The van der Waals surface area contributed by atoms with Crippen LogP contribution in [0.1, 0.15) is 17.0 Å². The van der Waals surface area contributed by atoms with Gasteiger partial charge in [-0.05, 0) is 24.6 Å². The van der Waals surface area contributed by atoms with Crippen molar-refractivity contribution >= 4 is 5.97 Å². The van der Waals surface area contributed by atoms with E-state index in [9.17, 15) is 15.0 Å². The van der Waals surface area contributed by atoms with Crippen LogP contribution in [0.3, 0.4) is 0 Å². The zero-order valence-corrected chi connectivity index (χ0v) is 11.1. The van der Waals surface area contributed by atoms with Crippen LogP contribution in [0, 0.1) is 6.92 Å². The molecule has 104 valence electrons. The third kappa shape index (κ3) is 3.09. The minimum atomic E-state index is -1.03. The Labute approximate surface area is 117 Å². The lowest BCUT2D eigenvalue weighted by Crippen LogP contribution is -2.19. The first-order valence-electron chi connectivity index (χ1n) is 6.28. The molecule has 0 amide bonds. The summed E-state index contributed by atoms with van der Waals surface area (Å²) in [6, 6.07) is 13.8. The maximum atomic E-state index is 11.4. The summed E-state index contributed by atoms with van der Waals surface area (Å²) in [6.45, 7) is 1.86. The summed E-state index contributed by atoms with van der Waals surface area (Å²) in [5.74, 6) is -1.32. The molecule has 0 aliphatic carbocycles. The van der Waals surface area contributed by atoms with E-state index in [2.05, 4.69) is 0 Å². The van der Waals surface area contributed by atoms with Gasteiger partial charge in [0.05, 0.1) is 0 Å². The maximum absolute atomic E-state index is 11.4. The van der Waals surface area contributed by atoms with E-state index in [0.29, 0.717) is 11.3 Å². The van der Waals surface area contributed by atoms with Crippen LogP contribution in [0.15, 0.2) is 48.5 Å².